The summed E-state index contributed by atoms with van der Waals surface area (Å²) < 4.78 is 1.70. The number of carbonyl (C=O) groups excluding carboxylic acids is 2. The molecule has 8 heteroatoms. The maximum Gasteiger partial charge on any atom is 0.272 e. The smallest absolute Gasteiger partial charge is 0.272 e. The van der Waals surface area contributed by atoms with E-state index in [2.05, 4.69) is 10.1 Å². The zero-order chi connectivity index (χ0) is 20.7. The SMILES string of the molecule is CCc1nn(C)c(C(=O)N2CCc3nc([C@H]4CCCN4C(C)=O)ncc3C2)c1C. The topological polar surface area (TPSA) is 84.2 Å². The number of amides is 2. The number of aromatic nitrogens is 4. The van der Waals surface area contributed by atoms with Gasteiger partial charge in [0.25, 0.3) is 5.91 Å². The fraction of sp³-hybridized carbons (Fsp3) is 0.571. The van der Waals surface area contributed by atoms with Crippen molar-refractivity contribution in [1.29, 1.82) is 0 Å². The lowest BCUT2D eigenvalue weighted by molar-refractivity contribution is -0.129. The van der Waals surface area contributed by atoms with Gasteiger partial charge in [-0.3, -0.25) is 14.3 Å². The van der Waals surface area contributed by atoms with Gasteiger partial charge >= 0.3 is 0 Å². The average Bonchev–Trinajstić information content (AvgIpc) is 3.31. The van der Waals surface area contributed by atoms with Crippen LogP contribution in [0.1, 0.15) is 71.6 Å². The van der Waals surface area contributed by atoms with E-state index in [9.17, 15) is 9.59 Å². The Labute approximate surface area is 170 Å². The van der Waals surface area contributed by atoms with E-state index in [1.807, 2.05) is 36.9 Å². The van der Waals surface area contributed by atoms with Crippen LogP contribution in [0.4, 0.5) is 0 Å². The number of hydrogen-bond donors (Lipinski definition) is 0. The van der Waals surface area contributed by atoms with Crippen LogP contribution in [0.25, 0.3) is 0 Å². The van der Waals surface area contributed by atoms with E-state index >= 15 is 0 Å². The minimum Gasteiger partial charge on any atom is -0.333 e. The number of carbonyl (C=O) groups is 2. The van der Waals surface area contributed by atoms with Gasteiger partial charge in [0.15, 0.2) is 5.82 Å². The number of aryl methyl sites for hydroxylation is 2. The highest BCUT2D eigenvalue weighted by Crippen LogP contribution is 2.31. The fourth-order valence-electron chi connectivity index (χ4n) is 4.55. The molecule has 2 amide bonds. The number of likely N-dealkylation sites (tertiary alicyclic amines) is 1. The van der Waals surface area contributed by atoms with Crippen molar-refractivity contribution < 1.29 is 9.59 Å². The van der Waals surface area contributed by atoms with Crippen LogP contribution < -0.4 is 0 Å². The van der Waals surface area contributed by atoms with Crippen LogP contribution in [0.5, 0.6) is 0 Å². The molecule has 0 bridgehead atoms. The van der Waals surface area contributed by atoms with Gasteiger partial charge in [-0.2, -0.15) is 5.10 Å². The summed E-state index contributed by atoms with van der Waals surface area (Å²) in [4.78, 5) is 38.1. The maximum absolute atomic E-state index is 13.2. The molecular formula is C21H28N6O2. The van der Waals surface area contributed by atoms with Crippen LogP contribution in [0.15, 0.2) is 6.20 Å². The van der Waals surface area contributed by atoms with Crippen molar-refractivity contribution in [1.82, 2.24) is 29.5 Å². The summed E-state index contributed by atoms with van der Waals surface area (Å²) in [5.74, 6) is 0.806. The first-order valence-corrected chi connectivity index (χ1v) is 10.3. The van der Waals surface area contributed by atoms with Gasteiger partial charge in [-0.05, 0) is 26.2 Å². The molecule has 0 N–H and O–H groups in total. The third-order valence-corrected chi connectivity index (χ3v) is 6.11. The molecule has 4 heterocycles. The Balaban J connectivity index is 1.55. The van der Waals surface area contributed by atoms with Crippen LogP contribution in [0.2, 0.25) is 0 Å². The van der Waals surface area contributed by atoms with Crippen LogP contribution >= 0.6 is 0 Å². The van der Waals surface area contributed by atoms with E-state index in [0.717, 1.165) is 54.1 Å². The first-order valence-electron chi connectivity index (χ1n) is 10.3. The van der Waals surface area contributed by atoms with Crippen molar-refractivity contribution in [3.05, 3.63) is 40.2 Å². The zero-order valence-corrected chi connectivity index (χ0v) is 17.6. The Bertz CT molecular complexity index is 966. The molecule has 1 atom stereocenters. The number of rotatable bonds is 3. The van der Waals surface area contributed by atoms with Crippen molar-refractivity contribution in [3.63, 3.8) is 0 Å². The van der Waals surface area contributed by atoms with E-state index in [1.165, 1.54) is 0 Å². The number of hydrogen-bond acceptors (Lipinski definition) is 5. The summed E-state index contributed by atoms with van der Waals surface area (Å²) in [5, 5.41) is 4.48. The van der Waals surface area contributed by atoms with Crippen LogP contribution in [-0.4, -0.2) is 54.5 Å². The molecule has 0 aliphatic carbocycles. The first kappa shape index (κ1) is 19.5. The highest BCUT2D eigenvalue weighted by Gasteiger charge is 2.32. The van der Waals surface area contributed by atoms with Gasteiger partial charge in [-0.1, -0.05) is 6.92 Å². The van der Waals surface area contributed by atoms with Crippen LogP contribution in [0, 0.1) is 6.92 Å². The quantitative estimate of drug-likeness (QED) is 0.792. The Morgan fingerprint density at radius 2 is 2.07 bits per heavy atom. The maximum atomic E-state index is 13.2. The summed E-state index contributed by atoms with van der Waals surface area (Å²) in [6.45, 7) is 7.51. The molecule has 2 aliphatic heterocycles. The van der Waals surface area contributed by atoms with Gasteiger partial charge in [0.05, 0.1) is 17.4 Å². The standard InChI is InChI=1S/C21H28N6O2/c1-5-16-13(2)19(25(4)24-16)21(29)26-10-8-17-15(12-26)11-22-20(23-17)18-7-6-9-27(18)14(3)28/h11,18H,5-10,12H2,1-4H3/t18-/m1/s1. The molecule has 154 valence electrons. The van der Waals surface area contributed by atoms with Crippen molar-refractivity contribution in [2.75, 3.05) is 13.1 Å². The van der Waals surface area contributed by atoms with E-state index in [0.29, 0.717) is 25.2 Å². The number of nitrogens with zero attached hydrogens (tertiary/aromatic N) is 6. The molecule has 1 fully saturated rings. The highest BCUT2D eigenvalue weighted by atomic mass is 16.2. The Hall–Kier alpha value is -2.77. The lowest BCUT2D eigenvalue weighted by atomic mass is 10.0. The molecule has 0 unspecified atom stereocenters. The largest absolute Gasteiger partial charge is 0.333 e. The first-order chi connectivity index (χ1) is 13.9. The Morgan fingerprint density at radius 1 is 1.28 bits per heavy atom. The molecule has 2 aromatic heterocycles. The van der Waals surface area contributed by atoms with Crippen LogP contribution in [0.3, 0.4) is 0 Å². The lowest BCUT2D eigenvalue weighted by Gasteiger charge is -2.29. The van der Waals surface area contributed by atoms with Gasteiger partial charge in [-0.25, -0.2) is 9.97 Å². The van der Waals surface area contributed by atoms with E-state index < -0.39 is 0 Å². The normalized spacial score (nSPS) is 18.8. The highest BCUT2D eigenvalue weighted by molar-refractivity contribution is 5.94. The van der Waals surface area contributed by atoms with E-state index in [4.69, 9.17) is 4.98 Å². The van der Waals surface area contributed by atoms with Crippen molar-refractivity contribution in [2.45, 2.75) is 59.0 Å². The third-order valence-electron chi connectivity index (χ3n) is 6.11. The number of fused-ring (bicyclic) bond motifs is 1. The van der Waals surface area contributed by atoms with Gasteiger partial charge in [0.2, 0.25) is 5.91 Å². The van der Waals surface area contributed by atoms with Crippen molar-refractivity contribution >= 4 is 11.8 Å². The molecule has 0 spiro atoms. The minimum atomic E-state index is -0.0259. The van der Waals surface area contributed by atoms with Crippen LogP contribution in [-0.2, 0) is 31.2 Å². The minimum absolute atomic E-state index is 0.00507. The Morgan fingerprint density at radius 3 is 2.76 bits per heavy atom. The van der Waals surface area contributed by atoms with E-state index in [1.54, 1.807) is 11.6 Å². The summed E-state index contributed by atoms with van der Waals surface area (Å²) in [7, 11) is 1.83. The molecule has 0 radical (unpaired) electrons. The predicted molar refractivity (Wildman–Crippen MR) is 107 cm³/mol. The summed E-state index contributed by atoms with van der Waals surface area (Å²) >= 11 is 0. The predicted octanol–water partition coefficient (Wildman–Crippen LogP) is 1.96. The molecule has 4 rings (SSSR count). The molecule has 1 saturated heterocycles. The molecule has 0 aromatic carbocycles. The molecular weight excluding hydrogens is 368 g/mol. The molecule has 0 saturated carbocycles. The van der Waals surface area contributed by atoms with Gasteiger partial charge < -0.3 is 9.80 Å². The summed E-state index contributed by atoms with van der Waals surface area (Å²) in [6.07, 6.45) is 5.23. The Kier molecular flexibility index (Phi) is 5.10. The second-order valence-corrected chi connectivity index (χ2v) is 7.94. The molecule has 2 aromatic rings. The van der Waals surface area contributed by atoms with Crippen molar-refractivity contribution in [2.24, 2.45) is 7.05 Å². The average molecular weight is 396 g/mol. The second kappa shape index (κ2) is 7.57. The summed E-state index contributed by atoms with van der Waals surface area (Å²) in [6, 6.07) is -0.0259. The fourth-order valence-corrected chi connectivity index (χ4v) is 4.55. The zero-order valence-electron chi connectivity index (χ0n) is 17.6. The van der Waals surface area contributed by atoms with Crippen molar-refractivity contribution in [3.8, 4) is 0 Å². The van der Waals surface area contributed by atoms with E-state index in [-0.39, 0.29) is 17.9 Å². The van der Waals surface area contributed by atoms with Gasteiger partial charge in [-0.15, -0.1) is 0 Å². The molecule has 2 aliphatic rings. The summed E-state index contributed by atoms with van der Waals surface area (Å²) in [5.41, 5.74) is 4.56. The monoisotopic (exact) mass is 396 g/mol. The van der Waals surface area contributed by atoms with Gasteiger partial charge in [0.1, 0.15) is 5.69 Å². The lowest BCUT2D eigenvalue weighted by Crippen LogP contribution is -2.38. The van der Waals surface area contributed by atoms with Gasteiger partial charge in [0, 0.05) is 57.4 Å². The second-order valence-electron chi connectivity index (χ2n) is 7.94. The third kappa shape index (κ3) is 3.41. The molecule has 29 heavy (non-hydrogen) atoms. The molecule has 8 nitrogen and oxygen atoms in total.